The first-order valence-corrected chi connectivity index (χ1v) is 13.7. The minimum Gasteiger partial charge on any atom is -0.493 e. The van der Waals surface area contributed by atoms with Gasteiger partial charge in [-0.05, 0) is 30.5 Å². The fraction of sp³-hybridized carbons (Fsp3) is 0.581. The molecule has 0 saturated heterocycles. The van der Waals surface area contributed by atoms with E-state index in [0.717, 1.165) is 29.7 Å². The summed E-state index contributed by atoms with van der Waals surface area (Å²) in [6.07, 6.45) is 13.0. The van der Waals surface area contributed by atoms with E-state index >= 15 is 0 Å². The molecule has 0 saturated carbocycles. The zero-order chi connectivity index (χ0) is 25.2. The van der Waals surface area contributed by atoms with E-state index in [1.807, 2.05) is 12.1 Å². The van der Waals surface area contributed by atoms with Crippen molar-refractivity contribution in [2.24, 2.45) is 0 Å². The average Bonchev–Trinajstić information content (AvgIpc) is 2.85. The van der Waals surface area contributed by atoms with Gasteiger partial charge in [0, 0.05) is 12.0 Å². The van der Waals surface area contributed by atoms with Crippen molar-refractivity contribution in [3.8, 4) is 5.75 Å². The number of carbonyl (C=O) groups excluding carboxylic acids is 1. The predicted molar refractivity (Wildman–Crippen MR) is 146 cm³/mol. The van der Waals surface area contributed by atoms with Crippen LogP contribution < -0.4 is 4.74 Å². The Hall–Kier alpha value is -2.33. The molecule has 0 amide bonds. The van der Waals surface area contributed by atoms with Crippen LogP contribution in [0.5, 0.6) is 5.75 Å². The number of hydrogen-bond donors (Lipinski definition) is 0. The van der Waals surface area contributed by atoms with Crippen molar-refractivity contribution in [1.29, 1.82) is 0 Å². The number of benzene rings is 2. The first kappa shape index (κ1) is 28.9. The summed E-state index contributed by atoms with van der Waals surface area (Å²) in [5.74, 6) is 0.782. The first-order chi connectivity index (χ1) is 17.0. The second kappa shape index (κ2) is 17.2. The highest BCUT2D eigenvalue weighted by molar-refractivity contribution is 5.69. The molecule has 0 spiro atoms. The highest BCUT2D eigenvalue weighted by Gasteiger charge is 2.18. The van der Waals surface area contributed by atoms with E-state index in [4.69, 9.17) is 9.47 Å². The van der Waals surface area contributed by atoms with Gasteiger partial charge in [-0.25, -0.2) is 0 Å². The van der Waals surface area contributed by atoms with Crippen LogP contribution in [0.1, 0.15) is 82.3 Å². The van der Waals surface area contributed by atoms with Gasteiger partial charge in [-0.3, -0.25) is 4.79 Å². The van der Waals surface area contributed by atoms with Gasteiger partial charge in [0.15, 0.2) is 0 Å². The molecule has 35 heavy (non-hydrogen) atoms. The average molecular weight is 483 g/mol. The molecule has 0 aliphatic rings. The van der Waals surface area contributed by atoms with Gasteiger partial charge in [-0.1, -0.05) is 94.3 Å². The van der Waals surface area contributed by atoms with Gasteiger partial charge in [-0.15, -0.1) is 0 Å². The predicted octanol–water partition coefficient (Wildman–Crippen LogP) is 7.35. The van der Waals surface area contributed by atoms with Crippen molar-refractivity contribution in [2.45, 2.75) is 84.1 Å². The third-order valence-electron chi connectivity index (χ3n) is 6.41. The molecule has 0 atom stereocenters. The molecule has 194 valence electrons. The summed E-state index contributed by atoms with van der Waals surface area (Å²) in [4.78, 5) is 12.2. The van der Waals surface area contributed by atoms with E-state index < -0.39 is 0 Å². The quantitative estimate of drug-likeness (QED) is 0.119. The number of nitrogens with zero attached hydrogens (tertiary/aromatic N) is 1. The molecule has 0 heterocycles. The number of hydrogen-bond acceptors (Lipinski definition) is 3. The number of carbonyl (C=O) groups is 1. The van der Waals surface area contributed by atoms with Gasteiger partial charge in [0.1, 0.15) is 12.3 Å². The lowest BCUT2D eigenvalue weighted by Gasteiger charge is -2.29. The van der Waals surface area contributed by atoms with Gasteiger partial charge >= 0.3 is 5.97 Å². The second-order valence-electron chi connectivity index (χ2n) is 10.3. The van der Waals surface area contributed by atoms with Crippen molar-refractivity contribution < 1.29 is 18.8 Å². The lowest BCUT2D eigenvalue weighted by Crippen LogP contribution is -2.40. The Kier molecular flexibility index (Phi) is 14.2. The molecule has 0 unspecified atom stereocenters. The molecule has 0 bridgehead atoms. The van der Waals surface area contributed by atoms with Crippen LogP contribution in [0.2, 0.25) is 0 Å². The molecule has 4 nitrogen and oxygen atoms in total. The van der Waals surface area contributed by atoms with Crippen LogP contribution in [0, 0.1) is 0 Å². The molecule has 2 rings (SSSR count). The molecule has 4 heteroatoms. The Bertz CT molecular complexity index is 819. The van der Waals surface area contributed by atoms with Gasteiger partial charge in [-0.2, -0.15) is 0 Å². The molecule has 2 aromatic carbocycles. The smallest absolute Gasteiger partial charge is 0.311 e. The topological polar surface area (TPSA) is 35.5 Å². The van der Waals surface area contributed by atoms with E-state index in [0.29, 0.717) is 26.1 Å². The van der Waals surface area contributed by atoms with Crippen molar-refractivity contribution >= 4 is 5.97 Å². The normalized spacial score (nSPS) is 11.4. The number of unbranched alkanes of at least 4 members (excludes halogenated alkanes) is 7. The summed E-state index contributed by atoms with van der Waals surface area (Å²) in [5.41, 5.74) is 2.63. The lowest BCUT2D eigenvalue weighted by molar-refractivity contribution is -0.903. The number of esters is 1. The number of ether oxygens (including phenoxy) is 2. The van der Waals surface area contributed by atoms with Gasteiger partial charge < -0.3 is 14.0 Å². The molecule has 2 aromatic rings. The van der Waals surface area contributed by atoms with Crippen LogP contribution in [0.4, 0.5) is 0 Å². The minimum absolute atomic E-state index is 0.128. The fourth-order valence-corrected chi connectivity index (χ4v) is 4.31. The van der Waals surface area contributed by atoms with Gasteiger partial charge in [0.2, 0.25) is 0 Å². The Morgan fingerprint density at radius 2 is 1.46 bits per heavy atom. The fourth-order valence-electron chi connectivity index (χ4n) is 4.31. The Balaban J connectivity index is 1.53. The number of quaternary nitrogens is 1. The standard InChI is InChI=1S/C31H48NO3/c1-4-5-6-7-8-9-10-12-17-28-20-15-21-30(26-28)34-24-16-25-35-31(33)22-23-32(2,3)27-29-18-13-11-14-19-29/h11,13-15,18-21,26H,4-10,12,16-17,22-25,27H2,1-3H3/q+1. The third kappa shape index (κ3) is 14.0. The molecule has 0 aliphatic heterocycles. The summed E-state index contributed by atoms with van der Waals surface area (Å²) in [6.45, 7) is 4.89. The van der Waals surface area contributed by atoms with Gasteiger partial charge in [0.25, 0.3) is 0 Å². The van der Waals surface area contributed by atoms with Crippen molar-refractivity contribution in [2.75, 3.05) is 33.9 Å². The van der Waals surface area contributed by atoms with Crippen molar-refractivity contribution in [3.05, 3.63) is 65.7 Å². The molecule has 0 fully saturated rings. The molecule has 0 N–H and O–H groups in total. The zero-order valence-corrected chi connectivity index (χ0v) is 22.5. The lowest BCUT2D eigenvalue weighted by atomic mass is 10.0. The van der Waals surface area contributed by atoms with E-state index in [2.05, 4.69) is 63.5 Å². The summed E-state index contributed by atoms with van der Waals surface area (Å²) in [6, 6.07) is 18.8. The van der Waals surface area contributed by atoms with Crippen molar-refractivity contribution in [1.82, 2.24) is 0 Å². The summed E-state index contributed by atoms with van der Waals surface area (Å²) >= 11 is 0. The van der Waals surface area contributed by atoms with Crippen LogP contribution in [-0.2, 0) is 22.5 Å². The number of aryl methyl sites for hydroxylation is 1. The van der Waals surface area contributed by atoms with Crippen LogP contribution in [-0.4, -0.2) is 44.3 Å². The Morgan fingerprint density at radius 3 is 2.20 bits per heavy atom. The Labute approximate surface area is 214 Å². The second-order valence-corrected chi connectivity index (χ2v) is 10.3. The van der Waals surface area contributed by atoms with E-state index in [-0.39, 0.29) is 5.97 Å². The number of rotatable bonds is 19. The zero-order valence-electron chi connectivity index (χ0n) is 22.5. The SMILES string of the molecule is CCCCCCCCCCc1cccc(OCCCOC(=O)CC[N+](C)(C)Cc2ccccc2)c1. The van der Waals surface area contributed by atoms with Crippen LogP contribution in [0.25, 0.3) is 0 Å². The minimum atomic E-state index is -0.128. The molecule has 0 aromatic heterocycles. The maximum atomic E-state index is 12.2. The summed E-state index contributed by atoms with van der Waals surface area (Å²) < 4.78 is 12.1. The summed E-state index contributed by atoms with van der Waals surface area (Å²) in [5, 5.41) is 0. The highest BCUT2D eigenvalue weighted by Crippen LogP contribution is 2.17. The third-order valence-corrected chi connectivity index (χ3v) is 6.41. The maximum absolute atomic E-state index is 12.2. The largest absolute Gasteiger partial charge is 0.493 e. The molecular formula is C31H48NO3+. The van der Waals surface area contributed by atoms with E-state index in [9.17, 15) is 4.79 Å². The van der Waals surface area contributed by atoms with Crippen LogP contribution in [0.3, 0.4) is 0 Å². The monoisotopic (exact) mass is 482 g/mol. The summed E-state index contributed by atoms with van der Waals surface area (Å²) in [7, 11) is 4.30. The molecular weight excluding hydrogens is 434 g/mol. The van der Waals surface area contributed by atoms with Crippen LogP contribution >= 0.6 is 0 Å². The van der Waals surface area contributed by atoms with E-state index in [1.54, 1.807) is 0 Å². The van der Waals surface area contributed by atoms with Crippen molar-refractivity contribution in [3.63, 3.8) is 0 Å². The van der Waals surface area contributed by atoms with Crippen LogP contribution in [0.15, 0.2) is 54.6 Å². The van der Waals surface area contributed by atoms with E-state index in [1.165, 1.54) is 62.5 Å². The first-order valence-electron chi connectivity index (χ1n) is 13.7. The molecule has 0 radical (unpaired) electrons. The van der Waals surface area contributed by atoms with Gasteiger partial charge in [0.05, 0.1) is 40.3 Å². The molecule has 0 aliphatic carbocycles. The highest BCUT2D eigenvalue weighted by atomic mass is 16.5. The Morgan fingerprint density at radius 1 is 0.771 bits per heavy atom. The maximum Gasteiger partial charge on any atom is 0.311 e.